The topological polar surface area (TPSA) is 48.1 Å². The van der Waals surface area contributed by atoms with Crippen molar-refractivity contribution in [3.63, 3.8) is 0 Å². The number of halogens is 1. The van der Waals surface area contributed by atoms with E-state index in [2.05, 4.69) is 16.4 Å². The van der Waals surface area contributed by atoms with E-state index in [0.29, 0.717) is 5.92 Å². The number of aromatic amines is 1. The van der Waals surface area contributed by atoms with Crippen LogP contribution in [0.2, 0.25) is 5.02 Å². The third-order valence-electron chi connectivity index (χ3n) is 4.16. The molecule has 0 radical (unpaired) electrons. The van der Waals surface area contributed by atoms with Crippen molar-refractivity contribution < 1.29 is 4.79 Å². The molecule has 1 saturated heterocycles. The SMILES string of the molecule is CC(C)NC(=O)N1CCCC(c2cc3cc(Cl)ccc3[nH]2)C1. The van der Waals surface area contributed by atoms with Crippen LogP contribution in [0, 0.1) is 0 Å². The van der Waals surface area contributed by atoms with Gasteiger partial charge in [0.15, 0.2) is 0 Å². The second-order valence-electron chi connectivity index (χ2n) is 6.35. The van der Waals surface area contributed by atoms with E-state index in [1.54, 1.807) is 0 Å². The van der Waals surface area contributed by atoms with Gasteiger partial charge in [0.05, 0.1) is 0 Å². The summed E-state index contributed by atoms with van der Waals surface area (Å²) in [6, 6.07) is 8.25. The zero-order chi connectivity index (χ0) is 15.7. The monoisotopic (exact) mass is 319 g/mol. The number of rotatable bonds is 2. The first kappa shape index (κ1) is 15.2. The second kappa shape index (κ2) is 6.21. The number of carbonyl (C=O) groups is 1. The molecule has 22 heavy (non-hydrogen) atoms. The number of nitrogens with one attached hydrogen (secondary N) is 2. The summed E-state index contributed by atoms with van der Waals surface area (Å²) >= 11 is 6.05. The average molecular weight is 320 g/mol. The quantitative estimate of drug-likeness (QED) is 0.859. The number of likely N-dealkylation sites (tertiary alicyclic amines) is 1. The van der Waals surface area contributed by atoms with Crippen LogP contribution < -0.4 is 5.32 Å². The number of hydrogen-bond donors (Lipinski definition) is 2. The molecule has 0 bridgehead atoms. The molecule has 1 aliphatic rings. The number of aromatic nitrogens is 1. The maximum Gasteiger partial charge on any atom is 0.317 e. The zero-order valence-corrected chi connectivity index (χ0v) is 13.8. The first-order valence-electron chi connectivity index (χ1n) is 7.86. The highest BCUT2D eigenvalue weighted by Crippen LogP contribution is 2.30. The lowest BCUT2D eigenvalue weighted by Crippen LogP contribution is -2.47. The number of benzene rings is 1. The van der Waals surface area contributed by atoms with Gasteiger partial charge in [-0.25, -0.2) is 4.79 Å². The van der Waals surface area contributed by atoms with Crippen LogP contribution in [0.25, 0.3) is 10.9 Å². The molecule has 1 aromatic heterocycles. The molecule has 4 nitrogen and oxygen atoms in total. The van der Waals surface area contributed by atoms with Gasteiger partial charge in [0.1, 0.15) is 0 Å². The molecular formula is C17H22ClN3O. The van der Waals surface area contributed by atoms with E-state index in [0.717, 1.165) is 41.9 Å². The van der Waals surface area contributed by atoms with Gasteiger partial charge in [-0.2, -0.15) is 0 Å². The van der Waals surface area contributed by atoms with Gasteiger partial charge in [-0.3, -0.25) is 0 Å². The highest BCUT2D eigenvalue weighted by Gasteiger charge is 2.26. The molecule has 1 atom stereocenters. The third-order valence-corrected chi connectivity index (χ3v) is 4.40. The lowest BCUT2D eigenvalue weighted by molar-refractivity contribution is 0.177. The Hall–Kier alpha value is -1.68. The molecule has 2 aromatic rings. The Morgan fingerprint density at radius 3 is 3.00 bits per heavy atom. The largest absolute Gasteiger partial charge is 0.358 e. The Kier molecular flexibility index (Phi) is 4.30. The van der Waals surface area contributed by atoms with Crippen molar-refractivity contribution >= 4 is 28.5 Å². The van der Waals surface area contributed by atoms with Crippen molar-refractivity contribution in [2.75, 3.05) is 13.1 Å². The summed E-state index contributed by atoms with van der Waals surface area (Å²) in [6.45, 7) is 5.57. The highest BCUT2D eigenvalue weighted by atomic mass is 35.5. The van der Waals surface area contributed by atoms with Crippen LogP contribution in [-0.2, 0) is 0 Å². The van der Waals surface area contributed by atoms with E-state index in [4.69, 9.17) is 11.6 Å². The van der Waals surface area contributed by atoms with Crippen LogP contribution in [0.3, 0.4) is 0 Å². The fourth-order valence-electron chi connectivity index (χ4n) is 3.10. The predicted molar refractivity (Wildman–Crippen MR) is 90.5 cm³/mol. The van der Waals surface area contributed by atoms with E-state index in [-0.39, 0.29) is 12.1 Å². The van der Waals surface area contributed by atoms with Gasteiger partial charge in [0, 0.05) is 46.7 Å². The number of carbonyl (C=O) groups excluding carboxylic acids is 1. The van der Waals surface area contributed by atoms with Crippen LogP contribution in [0.4, 0.5) is 4.79 Å². The van der Waals surface area contributed by atoms with E-state index in [1.165, 1.54) is 5.69 Å². The number of amides is 2. The maximum absolute atomic E-state index is 12.2. The summed E-state index contributed by atoms with van der Waals surface area (Å²) in [5.41, 5.74) is 2.29. The molecule has 0 saturated carbocycles. The molecule has 2 amide bonds. The van der Waals surface area contributed by atoms with E-state index >= 15 is 0 Å². The summed E-state index contributed by atoms with van der Waals surface area (Å²) in [4.78, 5) is 17.6. The van der Waals surface area contributed by atoms with Crippen LogP contribution in [0.15, 0.2) is 24.3 Å². The Labute approximate surface area is 135 Å². The zero-order valence-electron chi connectivity index (χ0n) is 13.0. The van der Waals surface area contributed by atoms with Gasteiger partial charge in [-0.05, 0) is 51.0 Å². The Morgan fingerprint density at radius 1 is 1.41 bits per heavy atom. The minimum absolute atomic E-state index is 0.0406. The lowest BCUT2D eigenvalue weighted by Gasteiger charge is -2.33. The lowest BCUT2D eigenvalue weighted by atomic mass is 9.95. The van der Waals surface area contributed by atoms with Gasteiger partial charge in [-0.15, -0.1) is 0 Å². The van der Waals surface area contributed by atoms with Gasteiger partial charge < -0.3 is 15.2 Å². The number of urea groups is 1. The molecule has 1 aromatic carbocycles. The predicted octanol–water partition coefficient (Wildman–Crippen LogP) is 4.12. The Morgan fingerprint density at radius 2 is 2.23 bits per heavy atom. The fourth-order valence-corrected chi connectivity index (χ4v) is 3.28. The van der Waals surface area contributed by atoms with Crippen LogP contribution in [-0.4, -0.2) is 35.0 Å². The summed E-state index contributed by atoms with van der Waals surface area (Å²) in [5.74, 6) is 0.359. The highest BCUT2D eigenvalue weighted by molar-refractivity contribution is 6.31. The van der Waals surface area contributed by atoms with E-state index in [1.807, 2.05) is 36.9 Å². The summed E-state index contributed by atoms with van der Waals surface area (Å²) < 4.78 is 0. The molecule has 1 aliphatic heterocycles. The number of hydrogen-bond acceptors (Lipinski definition) is 1. The average Bonchev–Trinajstić information content (AvgIpc) is 2.89. The molecule has 118 valence electrons. The van der Waals surface area contributed by atoms with Gasteiger partial charge in [-0.1, -0.05) is 11.6 Å². The minimum Gasteiger partial charge on any atom is -0.358 e. The van der Waals surface area contributed by atoms with Crippen molar-refractivity contribution in [3.05, 3.63) is 35.0 Å². The molecule has 5 heteroatoms. The molecule has 1 unspecified atom stereocenters. The normalized spacial score (nSPS) is 18.9. The van der Waals surface area contributed by atoms with Gasteiger partial charge in [0.2, 0.25) is 0 Å². The van der Waals surface area contributed by atoms with Crippen molar-refractivity contribution in [2.24, 2.45) is 0 Å². The summed E-state index contributed by atoms with van der Waals surface area (Å²) in [5, 5.41) is 4.86. The standard InChI is InChI=1S/C17H22ClN3O/c1-11(2)19-17(22)21-7-3-4-12(10-21)16-9-13-8-14(18)5-6-15(13)20-16/h5-6,8-9,11-12,20H,3-4,7,10H2,1-2H3,(H,19,22). The fraction of sp³-hybridized carbons (Fsp3) is 0.471. The van der Waals surface area contributed by atoms with E-state index < -0.39 is 0 Å². The number of piperidine rings is 1. The molecule has 2 N–H and O–H groups in total. The van der Waals surface area contributed by atoms with Crippen molar-refractivity contribution in [1.29, 1.82) is 0 Å². The van der Waals surface area contributed by atoms with Crippen molar-refractivity contribution in [3.8, 4) is 0 Å². The number of nitrogens with zero attached hydrogens (tertiary/aromatic N) is 1. The first-order valence-corrected chi connectivity index (χ1v) is 8.24. The molecule has 1 fully saturated rings. The Balaban J connectivity index is 1.77. The Bertz CT molecular complexity index is 680. The number of fused-ring (bicyclic) bond motifs is 1. The smallest absolute Gasteiger partial charge is 0.317 e. The second-order valence-corrected chi connectivity index (χ2v) is 6.78. The molecular weight excluding hydrogens is 298 g/mol. The van der Waals surface area contributed by atoms with Gasteiger partial charge in [0.25, 0.3) is 0 Å². The summed E-state index contributed by atoms with van der Waals surface area (Å²) in [7, 11) is 0. The first-order chi connectivity index (χ1) is 10.5. The van der Waals surface area contributed by atoms with E-state index in [9.17, 15) is 4.79 Å². The maximum atomic E-state index is 12.2. The van der Waals surface area contributed by atoms with Crippen LogP contribution in [0.5, 0.6) is 0 Å². The van der Waals surface area contributed by atoms with Crippen LogP contribution in [0.1, 0.15) is 38.3 Å². The summed E-state index contributed by atoms with van der Waals surface area (Å²) in [6.07, 6.45) is 2.14. The van der Waals surface area contributed by atoms with Crippen molar-refractivity contribution in [2.45, 2.75) is 38.6 Å². The van der Waals surface area contributed by atoms with Crippen LogP contribution >= 0.6 is 11.6 Å². The molecule has 0 spiro atoms. The minimum atomic E-state index is 0.0406. The molecule has 2 heterocycles. The number of H-pyrrole nitrogens is 1. The third kappa shape index (κ3) is 3.22. The molecule has 3 rings (SSSR count). The van der Waals surface area contributed by atoms with Crippen molar-refractivity contribution in [1.82, 2.24) is 15.2 Å². The van der Waals surface area contributed by atoms with Gasteiger partial charge >= 0.3 is 6.03 Å². The molecule has 0 aliphatic carbocycles.